The van der Waals surface area contributed by atoms with E-state index in [0.29, 0.717) is 12.2 Å². The second-order valence-electron chi connectivity index (χ2n) is 5.54. The van der Waals surface area contributed by atoms with Crippen molar-refractivity contribution in [3.63, 3.8) is 0 Å². The number of ether oxygens (including phenoxy) is 2. The van der Waals surface area contributed by atoms with Gasteiger partial charge in [-0.1, -0.05) is 43.7 Å². The van der Waals surface area contributed by atoms with Crippen LogP contribution in [0.4, 0.5) is 0 Å². The highest BCUT2D eigenvalue weighted by molar-refractivity contribution is 5.77. The van der Waals surface area contributed by atoms with E-state index in [4.69, 9.17) is 9.47 Å². The van der Waals surface area contributed by atoms with E-state index in [9.17, 15) is 4.79 Å². The second-order valence-corrected chi connectivity index (χ2v) is 5.54. The lowest BCUT2D eigenvalue weighted by molar-refractivity contribution is -0.135. The molecule has 2 aromatic carbocycles. The molecule has 0 radical (unpaired) electrons. The van der Waals surface area contributed by atoms with Gasteiger partial charge < -0.3 is 9.47 Å². The van der Waals surface area contributed by atoms with E-state index in [-0.39, 0.29) is 11.9 Å². The van der Waals surface area contributed by atoms with Crippen molar-refractivity contribution in [2.24, 2.45) is 0 Å². The smallest absolute Gasteiger partial charge is 0.312 e. The molecular weight excluding hydrogens is 276 g/mol. The SMILES string of the molecule is CCCCOc1ccc([C@H]2CC(=O)Oc3ccccc32)cc1. The van der Waals surface area contributed by atoms with Crippen LogP contribution >= 0.6 is 0 Å². The minimum absolute atomic E-state index is 0.0575. The van der Waals surface area contributed by atoms with Crippen molar-refractivity contribution in [2.75, 3.05) is 6.61 Å². The molecule has 22 heavy (non-hydrogen) atoms. The lowest BCUT2D eigenvalue weighted by atomic mass is 9.86. The van der Waals surface area contributed by atoms with E-state index in [1.165, 1.54) is 0 Å². The summed E-state index contributed by atoms with van der Waals surface area (Å²) < 4.78 is 11.0. The van der Waals surface area contributed by atoms with Gasteiger partial charge in [-0.25, -0.2) is 0 Å². The number of benzene rings is 2. The van der Waals surface area contributed by atoms with Gasteiger partial charge in [0.2, 0.25) is 0 Å². The van der Waals surface area contributed by atoms with Gasteiger partial charge >= 0.3 is 5.97 Å². The molecule has 1 aliphatic heterocycles. The molecule has 0 unspecified atom stereocenters. The van der Waals surface area contributed by atoms with Crippen molar-refractivity contribution in [3.05, 3.63) is 59.7 Å². The van der Waals surface area contributed by atoms with E-state index in [2.05, 4.69) is 6.92 Å². The van der Waals surface area contributed by atoms with Gasteiger partial charge in [0, 0.05) is 11.5 Å². The first kappa shape index (κ1) is 14.6. The van der Waals surface area contributed by atoms with Crippen molar-refractivity contribution in [1.82, 2.24) is 0 Å². The molecule has 2 aromatic rings. The molecule has 1 atom stereocenters. The summed E-state index contributed by atoms with van der Waals surface area (Å²) in [7, 11) is 0. The summed E-state index contributed by atoms with van der Waals surface area (Å²) >= 11 is 0. The maximum absolute atomic E-state index is 11.8. The Morgan fingerprint density at radius 2 is 1.91 bits per heavy atom. The Labute approximate surface area is 130 Å². The van der Waals surface area contributed by atoms with Crippen LogP contribution in [0.2, 0.25) is 0 Å². The van der Waals surface area contributed by atoms with Crippen LogP contribution in [0, 0.1) is 0 Å². The van der Waals surface area contributed by atoms with Crippen molar-refractivity contribution in [2.45, 2.75) is 32.1 Å². The Bertz CT molecular complexity index is 646. The average molecular weight is 296 g/mol. The summed E-state index contributed by atoms with van der Waals surface area (Å²) in [6.07, 6.45) is 2.57. The first-order chi connectivity index (χ1) is 10.8. The molecule has 0 amide bonds. The Morgan fingerprint density at radius 3 is 2.68 bits per heavy atom. The number of carbonyl (C=O) groups excluding carboxylic acids is 1. The molecule has 0 bridgehead atoms. The van der Waals surface area contributed by atoms with Gasteiger partial charge in [-0.15, -0.1) is 0 Å². The molecule has 3 rings (SSSR count). The summed E-state index contributed by atoms with van der Waals surface area (Å²) in [6, 6.07) is 15.8. The highest BCUT2D eigenvalue weighted by Crippen LogP contribution is 2.38. The summed E-state index contributed by atoms with van der Waals surface area (Å²) in [4.78, 5) is 11.8. The van der Waals surface area contributed by atoms with Crippen molar-refractivity contribution < 1.29 is 14.3 Å². The minimum Gasteiger partial charge on any atom is -0.494 e. The number of hydrogen-bond donors (Lipinski definition) is 0. The summed E-state index contributed by atoms with van der Waals surface area (Å²) in [5, 5.41) is 0. The summed E-state index contributed by atoms with van der Waals surface area (Å²) in [5.41, 5.74) is 2.19. The van der Waals surface area contributed by atoms with Crippen LogP contribution < -0.4 is 9.47 Å². The highest BCUT2D eigenvalue weighted by Gasteiger charge is 2.27. The van der Waals surface area contributed by atoms with E-state index in [0.717, 1.165) is 36.3 Å². The molecule has 0 saturated carbocycles. The van der Waals surface area contributed by atoms with Crippen LogP contribution in [0.25, 0.3) is 0 Å². The lowest BCUT2D eigenvalue weighted by Gasteiger charge is -2.24. The number of esters is 1. The van der Waals surface area contributed by atoms with Crippen LogP contribution in [-0.2, 0) is 4.79 Å². The van der Waals surface area contributed by atoms with Crippen LogP contribution in [0.5, 0.6) is 11.5 Å². The first-order valence-electron chi connectivity index (χ1n) is 7.80. The number of para-hydroxylation sites is 1. The van der Waals surface area contributed by atoms with Crippen LogP contribution in [0.15, 0.2) is 48.5 Å². The normalized spacial score (nSPS) is 16.8. The van der Waals surface area contributed by atoms with Gasteiger partial charge in [0.05, 0.1) is 13.0 Å². The number of rotatable bonds is 5. The monoisotopic (exact) mass is 296 g/mol. The molecule has 0 aliphatic carbocycles. The number of hydrogen-bond acceptors (Lipinski definition) is 3. The van der Waals surface area contributed by atoms with Gasteiger partial charge in [-0.2, -0.15) is 0 Å². The molecule has 3 heteroatoms. The van der Waals surface area contributed by atoms with Crippen molar-refractivity contribution in [3.8, 4) is 11.5 Å². The maximum Gasteiger partial charge on any atom is 0.312 e. The molecule has 1 heterocycles. The fourth-order valence-electron chi connectivity index (χ4n) is 2.73. The standard InChI is InChI=1S/C19H20O3/c1-2-3-12-21-15-10-8-14(9-11-15)17-13-19(20)22-18-7-5-4-6-16(17)18/h4-11,17H,2-3,12-13H2,1H3/t17-/m1/s1. The van der Waals surface area contributed by atoms with Crippen LogP contribution in [0.1, 0.15) is 43.2 Å². The fraction of sp³-hybridized carbons (Fsp3) is 0.316. The third kappa shape index (κ3) is 3.14. The zero-order valence-electron chi connectivity index (χ0n) is 12.7. The number of unbranched alkanes of at least 4 members (excludes halogenated alkanes) is 1. The van der Waals surface area contributed by atoms with E-state index in [1.807, 2.05) is 48.5 Å². The van der Waals surface area contributed by atoms with Crippen LogP contribution in [0.3, 0.4) is 0 Å². The minimum atomic E-state index is -0.174. The molecule has 0 fully saturated rings. The lowest BCUT2D eigenvalue weighted by Crippen LogP contribution is -2.20. The highest BCUT2D eigenvalue weighted by atomic mass is 16.5. The third-order valence-corrected chi connectivity index (χ3v) is 3.94. The first-order valence-corrected chi connectivity index (χ1v) is 7.80. The van der Waals surface area contributed by atoms with Gasteiger partial charge in [-0.3, -0.25) is 4.79 Å². The predicted octanol–water partition coefficient (Wildman–Crippen LogP) is 4.31. The molecule has 0 saturated heterocycles. The molecule has 114 valence electrons. The van der Waals surface area contributed by atoms with E-state index >= 15 is 0 Å². The quantitative estimate of drug-likeness (QED) is 0.468. The van der Waals surface area contributed by atoms with E-state index in [1.54, 1.807) is 0 Å². The fourth-order valence-corrected chi connectivity index (χ4v) is 2.73. The van der Waals surface area contributed by atoms with Gasteiger partial charge in [0.25, 0.3) is 0 Å². The molecular formula is C19H20O3. The topological polar surface area (TPSA) is 35.5 Å². The Kier molecular flexibility index (Phi) is 4.42. The molecule has 0 spiro atoms. The van der Waals surface area contributed by atoms with Gasteiger partial charge in [0.15, 0.2) is 0 Å². The summed E-state index contributed by atoms with van der Waals surface area (Å²) in [5.74, 6) is 1.44. The Morgan fingerprint density at radius 1 is 1.14 bits per heavy atom. The van der Waals surface area contributed by atoms with Crippen LogP contribution in [-0.4, -0.2) is 12.6 Å². The number of fused-ring (bicyclic) bond motifs is 1. The number of carbonyl (C=O) groups is 1. The average Bonchev–Trinajstić information content (AvgIpc) is 2.55. The zero-order chi connectivity index (χ0) is 15.4. The largest absolute Gasteiger partial charge is 0.494 e. The summed E-state index contributed by atoms with van der Waals surface area (Å²) in [6.45, 7) is 2.89. The van der Waals surface area contributed by atoms with Gasteiger partial charge in [-0.05, 0) is 30.2 Å². The third-order valence-electron chi connectivity index (χ3n) is 3.94. The Hall–Kier alpha value is -2.29. The second kappa shape index (κ2) is 6.65. The molecule has 0 N–H and O–H groups in total. The maximum atomic E-state index is 11.8. The Balaban J connectivity index is 1.80. The van der Waals surface area contributed by atoms with Crippen molar-refractivity contribution in [1.29, 1.82) is 0 Å². The molecule has 0 aromatic heterocycles. The van der Waals surface area contributed by atoms with E-state index < -0.39 is 0 Å². The van der Waals surface area contributed by atoms with Crippen molar-refractivity contribution >= 4 is 5.97 Å². The molecule has 3 nitrogen and oxygen atoms in total. The molecule has 1 aliphatic rings. The van der Waals surface area contributed by atoms with Gasteiger partial charge in [0.1, 0.15) is 11.5 Å². The zero-order valence-corrected chi connectivity index (χ0v) is 12.7. The predicted molar refractivity (Wildman–Crippen MR) is 85.4 cm³/mol.